The van der Waals surface area contributed by atoms with Crippen LogP contribution in [0.4, 0.5) is 34.1 Å². The van der Waals surface area contributed by atoms with Crippen molar-refractivity contribution >= 4 is 55.9 Å². The number of unbranched alkanes of at least 4 members (excludes halogenated alkanes) is 16. The Kier molecular flexibility index (Phi) is 25.0. The first kappa shape index (κ1) is 77.0. The van der Waals surface area contributed by atoms with Crippen molar-refractivity contribution in [2.75, 3.05) is 9.80 Å². The minimum atomic E-state index is -0.0466. The normalized spacial score (nSPS) is 12.7. The van der Waals surface area contributed by atoms with Crippen LogP contribution in [0.5, 0.6) is 0 Å². The summed E-state index contributed by atoms with van der Waals surface area (Å²) in [6.07, 6.45) is 29.8. The molecule has 0 unspecified atom stereocenters. The van der Waals surface area contributed by atoms with Crippen molar-refractivity contribution in [2.24, 2.45) is 0 Å². The third kappa shape index (κ3) is 17.1. The van der Waals surface area contributed by atoms with Crippen LogP contribution in [-0.2, 0) is 29.1 Å². The number of rotatable bonds is 34. The zero-order valence-corrected chi connectivity index (χ0v) is 67.8. The van der Waals surface area contributed by atoms with Crippen LogP contribution in [0.25, 0.3) is 72.0 Å². The molecule has 0 spiro atoms. The third-order valence-corrected chi connectivity index (χ3v) is 23.9. The maximum Gasteiger partial charge on any atom is 0.0622 e. The molecule has 1 aliphatic rings. The van der Waals surface area contributed by atoms with Gasteiger partial charge in [-0.05, 0) is 233 Å². The lowest BCUT2D eigenvalue weighted by Gasteiger charge is -2.33. The SMILES string of the molecule is CCCCCCCCC1(CCCCCCCC)c2cc(C)ccc2-c2c1ccc1c3cc(-c4ccccc4)ccc3n(-c3cc(CCCCCC)c(-c4ccc(N(c5ccc(-c6ccc(N(c7ccc(C)cc7)c7ccc(C(C)(C)C)cc7)cc6)cc5)c5ccc(C(C)(C)C)cc5)cc4)cc3CCCCCC)c21. The van der Waals surface area contributed by atoms with Crippen LogP contribution in [0.2, 0.25) is 0 Å². The number of nitrogens with zero attached hydrogens (tertiary/aromatic N) is 3. The molecule has 0 fully saturated rings. The molecule has 0 bridgehead atoms. The molecular weight excluding hydrogens is 1300 g/mol. The summed E-state index contributed by atoms with van der Waals surface area (Å²) in [5.41, 5.74) is 32.8. The Labute approximate surface area is 650 Å². The Morgan fingerprint density at radius 1 is 0.315 bits per heavy atom. The van der Waals surface area contributed by atoms with E-state index in [0.717, 1.165) is 59.8 Å². The second kappa shape index (κ2) is 35.0. The van der Waals surface area contributed by atoms with E-state index in [1.807, 2.05) is 0 Å². The number of aromatic nitrogens is 1. The Balaban J connectivity index is 0.932. The molecule has 0 N–H and O–H groups in total. The second-order valence-corrected chi connectivity index (χ2v) is 34.0. The fourth-order valence-corrected chi connectivity index (χ4v) is 17.6. The number of hydrogen-bond acceptors (Lipinski definition) is 2. The van der Waals surface area contributed by atoms with Crippen molar-refractivity contribution in [3.05, 3.63) is 281 Å². The molecule has 0 saturated heterocycles. The topological polar surface area (TPSA) is 11.4 Å². The molecule has 558 valence electrons. The second-order valence-electron chi connectivity index (χ2n) is 34.0. The third-order valence-electron chi connectivity index (χ3n) is 23.9. The van der Waals surface area contributed by atoms with Crippen LogP contribution in [0.1, 0.15) is 255 Å². The molecule has 13 rings (SSSR count). The predicted molar refractivity (Wildman–Crippen MR) is 471 cm³/mol. The summed E-state index contributed by atoms with van der Waals surface area (Å²) in [4.78, 5) is 4.83. The van der Waals surface area contributed by atoms with E-state index in [4.69, 9.17) is 0 Å². The van der Waals surface area contributed by atoms with Crippen molar-refractivity contribution < 1.29 is 0 Å². The van der Waals surface area contributed by atoms with Crippen LogP contribution in [-0.4, -0.2) is 4.57 Å². The van der Waals surface area contributed by atoms with Gasteiger partial charge >= 0.3 is 0 Å². The van der Waals surface area contributed by atoms with Crippen LogP contribution in [0.15, 0.2) is 237 Å². The molecule has 0 radical (unpaired) electrons. The minimum Gasteiger partial charge on any atom is -0.311 e. The van der Waals surface area contributed by atoms with Crippen molar-refractivity contribution in [1.82, 2.24) is 4.57 Å². The quantitative estimate of drug-likeness (QED) is 0.0373. The lowest BCUT2D eigenvalue weighted by Crippen LogP contribution is -2.25. The smallest absolute Gasteiger partial charge is 0.0622 e. The molecule has 1 heterocycles. The van der Waals surface area contributed by atoms with Crippen LogP contribution in [0, 0.1) is 13.8 Å². The van der Waals surface area contributed by atoms with E-state index in [1.165, 1.54) is 234 Å². The fraction of sp³-hybridized carbons (Fsp3) is 0.371. The van der Waals surface area contributed by atoms with E-state index in [2.05, 4.69) is 334 Å². The van der Waals surface area contributed by atoms with Gasteiger partial charge in [-0.15, -0.1) is 0 Å². The maximum absolute atomic E-state index is 2.82. The number of anilines is 6. The summed E-state index contributed by atoms with van der Waals surface area (Å²) in [6, 6.07) is 92.1. The van der Waals surface area contributed by atoms with Gasteiger partial charge in [0.15, 0.2) is 0 Å². The van der Waals surface area contributed by atoms with E-state index >= 15 is 0 Å². The van der Waals surface area contributed by atoms with Crippen molar-refractivity contribution in [3.8, 4) is 50.2 Å². The zero-order valence-electron chi connectivity index (χ0n) is 67.8. The summed E-state index contributed by atoms with van der Waals surface area (Å²) >= 11 is 0. The minimum absolute atomic E-state index is 0.0266. The molecule has 3 heteroatoms. The zero-order chi connectivity index (χ0) is 75.4. The van der Waals surface area contributed by atoms with Crippen LogP contribution >= 0.6 is 0 Å². The monoisotopic (exact) mass is 1430 g/mol. The van der Waals surface area contributed by atoms with Gasteiger partial charge in [0, 0.05) is 61.6 Å². The van der Waals surface area contributed by atoms with Crippen LogP contribution in [0.3, 0.4) is 0 Å². The molecular formula is C105H123N3. The molecule has 3 nitrogen and oxygen atoms in total. The molecule has 0 saturated carbocycles. The number of hydrogen-bond donors (Lipinski definition) is 0. The Morgan fingerprint density at radius 3 is 1.22 bits per heavy atom. The standard InChI is InChI=1S/C105H123N3/c1-13-17-21-25-27-34-70-105(71-35-28-26-22-18-14-2)97-68-67-93-96-73-82(78-36-32-29-33-37-78)49-69-99(96)108(102(93)101(97)94-66-42-77(6)72-98(94)105)100-75-83(38-30-23-19-15-3)95(74-84(100)39-31-24-20-16-4)81-47-60-90(61-48-81)107(92-64-52-86(53-65-92)104(10,11)12)89-58-45-80(46-59-89)79-43-56-88(57-44-79)106(87-54-40-76(5)41-55-87)91-62-50-85(51-63-91)103(7,8)9/h29,32-33,36-37,40-69,72-75H,13-28,30-31,34-35,38-39,70-71H2,1-12H3. The van der Waals surface area contributed by atoms with Crippen molar-refractivity contribution in [2.45, 2.75) is 253 Å². The lowest BCUT2D eigenvalue weighted by molar-refractivity contribution is 0.398. The first-order chi connectivity index (χ1) is 52.5. The van der Waals surface area contributed by atoms with E-state index < -0.39 is 0 Å². The fourth-order valence-electron chi connectivity index (χ4n) is 17.6. The van der Waals surface area contributed by atoms with E-state index in [9.17, 15) is 0 Å². The highest BCUT2D eigenvalue weighted by Crippen LogP contribution is 2.58. The predicted octanol–water partition coefficient (Wildman–Crippen LogP) is 31.9. The van der Waals surface area contributed by atoms with E-state index in [-0.39, 0.29) is 16.2 Å². The number of fused-ring (bicyclic) bond motifs is 7. The van der Waals surface area contributed by atoms with Gasteiger partial charge in [0.1, 0.15) is 0 Å². The summed E-state index contributed by atoms with van der Waals surface area (Å²) in [6.45, 7) is 27.7. The van der Waals surface area contributed by atoms with Gasteiger partial charge in [-0.3, -0.25) is 0 Å². The van der Waals surface area contributed by atoms with E-state index in [1.54, 1.807) is 11.1 Å². The van der Waals surface area contributed by atoms with Gasteiger partial charge in [0.05, 0.1) is 11.0 Å². The highest BCUT2D eigenvalue weighted by molar-refractivity contribution is 6.16. The molecule has 0 atom stereocenters. The van der Waals surface area contributed by atoms with Crippen LogP contribution < -0.4 is 9.80 Å². The largest absolute Gasteiger partial charge is 0.311 e. The molecule has 12 aromatic rings. The summed E-state index contributed by atoms with van der Waals surface area (Å²) in [5.74, 6) is 0. The first-order valence-electron chi connectivity index (χ1n) is 42.1. The number of benzene rings is 11. The van der Waals surface area contributed by atoms with Crippen molar-refractivity contribution in [1.29, 1.82) is 0 Å². The molecule has 108 heavy (non-hydrogen) atoms. The molecule has 11 aromatic carbocycles. The lowest BCUT2D eigenvalue weighted by atomic mass is 9.70. The Morgan fingerprint density at radius 2 is 0.731 bits per heavy atom. The molecule has 1 aliphatic carbocycles. The Bertz CT molecular complexity index is 4880. The highest BCUT2D eigenvalue weighted by Gasteiger charge is 2.44. The molecule has 1 aromatic heterocycles. The highest BCUT2D eigenvalue weighted by atomic mass is 15.1. The van der Waals surface area contributed by atoms with Crippen molar-refractivity contribution in [3.63, 3.8) is 0 Å². The van der Waals surface area contributed by atoms with Gasteiger partial charge < -0.3 is 14.4 Å². The molecule has 0 aliphatic heterocycles. The summed E-state index contributed by atoms with van der Waals surface area (Å²) in [7, 11) is 0. The average molecular weight is 1430 g/mol. The summed E-state index contributed by atoms with van der Waals surface area (Å²) in [5, 5.41) is 2.71. The summed E-state index contributed by atoms with van der Waals surface area (Å²) < 4.78 is 2.82. The molecule has 0 amide bonds. The number of aryl methyl sites for hydroxylation is 4. The maximum atomic E-state index is 2.82. The van der Waals surface area contributed by atoms with Gasteiger partial charge in [-0.25, -0.2) is 0 Å². The van der Waals surface area contributed by atoms with Gasteiger partial charge in [0.25, 0.3) is 0 Å². The Hall–Kier alpha value is -9.18. The average Bonchev–Trinajstić information content (AvgIpc) is 1.53. The van der Waals surface area contributed by atoms with Gasteiger partial charge in [0.2, 0.25) is 0 Å². The van der Waals surface area contributed by atoms with E-state index in [0.29, 0.717) is 0 Å². The van der Waals surface area contributed by atoms with Gasteiger partial charge in [-0.2, -0.15) is 0 Å². The van der Waals surface area contributed by atoms with Gasteiger partial charge in [-0.1, -0.05) is 335 Å². The first-order valence-corrected chi connectivity index (χ1v) is 42.1.